The Balaban J connectivity index is 1.64. The van der Waals surface area contributed by atoms with Gasteiger partial charge in [0.05, 0.1) is 0 Å². The number of rotatable bonds is 3. The van der Waals surface area contributed by atoms with Crippen LogP contribution >= 0.6 is 0 Å². The Morgan fingerprint density at radius 2 is 1.77 bits per heavy atom. The molecule has 0 bridgehead atoms. The third-order valence-corrected chi connectivity index (χ3v) is 4.88. The number of aryl methyl sites for hydroxylation is 2. The van der Waals surface area contributed by atoms with E-state index in [2.05, 4.69) is 59.8 Å². The van der Waals surface area contributed by atoms with Crippen molar-refractivity contribution in [3.05, 3.63) is 59.4 Å². The molecular weight excluding hydrogens is 270 g/mol. The van der Waals surface area contributed by atoms with E-state index in [0.717, 1.165) is 26.2 Å². The molecule has 0 N–H and O–H groups in total. The average Bonchev–Trinajstić information content (AvgIpc) is 2.58. The van der Waals surface area contributed by atoms with Gasteiger partial charge >= 0.3 is 0 Å². The lowest BCUT2D eigenvalue weighted by atomic mass is 10.1. The Kier molecular flexibility index (Phi) is 4.44. The molecule has 1 saturated heterocycles. The number of aromatic nitrogens is 1. The zero-order valence-electron chi connectivity index (χ0n) is 13.8. The lowest BCUT2D eigenvalue weighted by Crippen LogP contribution is -2.47. The highest BCUT2D eigenvalue weighted by molar-refractivity contribution is 5.51. The summed E-state index contributed by atoms with van der Waals surface area (Å²) in [6.45, 7) is 11.0. The summed E-state index contributed by atoms with van der Waals surface area (Å²) in [4.78, 5) is 9.29. The van der Waals surface area contributed by atoms with Crippen LogP contribution in [0.25, 0.3) is 0 Å². The van der Waals surface area contributed by atoms with Crippen molar-refractivity contribution in [3.63, 3.8) is 0 Å². The first-order valence-corrected chi connectivity index (χ1v) is 8.11. The SMILES string of the molecule is Cc1ccc(N2CCN(C(C)c3cccnc3)CC2)cc1C. The molecule has 1 unspecified atom stereocenters. The number of nitrogens with zero attached hydrogens (tertiary/aromatic N) is 3. The summed E-state index contributed by atoms with van der Waals surface area (Å²) in [5.41, 5.74) is 5.41. The molecular formula is C19H25N3. The van der Waals surface area contributed by atoms with Crippen LogP contribution in [-0.4, -0.2) is 36.1 Å². The summed E-state index contributed by atoms with van der Waals surface area (Å²) in [5.74, 6) is 0. The summed E-state index contributed by atoms with van der Waals surface area (Å²) in [7, 11) is 0. The quantitative estimate of drug-likeness (QED) is 0.863. The molecule has 0 amide bonds. The van der Waals surface area contributed by atoms with Crippen LogP contribution in [0.15, 0.2) is 42.7 Å². The maximum Gasteiger partial charge on any atom is 0.0369 e. The van der Waals surface area contributed by atoms with E-state index in [1.807, 2.05) is 18.5 Å². The molecule has 1 aromatic carbocycles. The van der Waals surface area contributed by atoms with E-state index >= 15 is 0 Å². The molecule has 1 atom stereocenters. The van der Waals surface area contributed by atoms with Gasteiger partial charge in [-0.05, 0) is 55.7 Å². The van der Waals surface area contributed by atoms with Gasteiger partial charge in [-0.2, -0.15) is 0 Å². The first-order chi connectivity index (χ1) is 10.6. The second kappa shape index (κ2) is 6.49. The molecule has 116 valence electrons. The molecule has 2 heterocycles. The maximum absolute atomic E-state index is 4.24. The van der Waals surface area contributed by atoms with Crippen LogP contribution in [0.3, 0.4) is 0 Å². The van der Waals surface area contributed by atoms with Gasteiger partial charge in [0.2, 0.25) is 0 Å². The predicted molar refractivity (Wildman–Crippen MR) is 92.4 cm³/mol. The van der Waals surface area contributed by atoms with Gasteiger partial charge in [-0.25, -0.2) is 0 Å². The second-order valence-electron chi connectivity index (χ2n) is 6.25. The van der Waals surface area contributed by atoms with Crippen molar-refractivity contribution >= 4 is 5.69 Å². The molecule has 2 aromatic rings. The number of anilines is 1. The summed E-state index contributed by atoms with van der Waals surface area (Å²) in [6.07, 6.45) is 3.83. The summed E-state index contributed by atoms with van der Waals surface area (Å²) in [5, 5.41) is 0. The Morgan fingerprint density at radius 3 is 2.41 bits per heavy atom. The third-order valence-electron chi connectivity index (χ3n) is 4.88. The standard InChI is InChI=1S/C19H25N3/c1-15-6-7-19(13-16(15)2)22-11-9-21(10-12-22)17(3)18-5-4-8-20-14-18/h4-8,13-14,17H,9-12H2,1-3H3. The predicted octanol–water partition coefficient (Wildman–Crippen LogP) is 3.58. The van der Waals surface area contributed by atoms with Gasteiger partial charge in [0, 0.05) is 50.3 Å². The number of piperazine rings is 1. The fourth-order valence-corrected chi connectivity index (χ4v) is 3.12. The highest BCUT2D eigenvalue weighted by Crippen LogP contribution is 2.24. The lowest BCUT2D eigenvalue weighted by molar-refractivity contribution is 0.198. The molecule has 3 rings (SSSR count). The minimum Gasteiger partial charge on any atom is -0.369 e. The van der Waals surface area contributed by atoms with Crippen LogP contribution in [-0.2, 0) is 0 Å². The van der Waals surface area contributed by atoms with Crippen LogP contribution < -0.4 is 4.90 Å². The largest absolute Gasteiger partial charge is 0.369 e. The smallest absolute Gasteiger partial charge is 0.0369 e. The number of hydrogen-bond acceptors (Lipinski definition) is 3. The van der Waals surface area contributed by atoms with Gasteiger partial charge in [0.1, 0.15) is 0 Å². The molecule has 1 fully saturated rings. The fraction of sp³-hybridized carbons (Fsp3) is 0.421. The second-order valence-corrected chi connectivity index (χ2v) is 6.25. The van der Waals surface area contributed by atoms with Crippen molar-refractivity contribution in [2.45, 2.75) is 26.8 Å². The summed E-state index contributed by atoms with van der Waals surface area (Å²) in [6, 6.07) is 11.4. The summed E-state index contributed by atoms with van der Waals surface area (Å²) >= 11 is 0. The highest BCUT2D eigenvalue weighted by atomic mass is 15.3. The van der Waals surface area contributed by atoms with E-state index < -0.39 is 0 Å². The van der Waals surface area contributed by atoms with Gasteiger partial charge < -0.3 is 4.90 Å². The van der Waals surface area contributed by atoms with E-state index in [0.29, 0.717) is 6.04 Å². The number of hydrogen-bond donors (Lipinski definition) is 0. The van der Waals surface area contributed by atoms with E-state index in [1.165, 1.54) is 22.4 Å². The maximum atomic E-state index is 4.24. The van der Waals surface area contributed by atoms with Crippen LogP contribution in [0.2, 0.25) is 0 Å². The van der Waals surface area contributed by atoms with Crippen LogP contribution in [0.1, 0.15) is 29.7 Å². The van der Waals surface area contributed by atoms with Crippen molar-refractivity contribution in [2.24, 2.45) is 0 Å². The molecule has 1 aliphatic rings. The van der Waals surface area contributed by atoms with Gasteiger partial charge in [-0.15, -0.1) is 0 Å². The van der Waals surface area contributed by atoms with E-state index in [4.69, 9.17) is 0 Å². The van der Waals surface area contributed by atoms with Gasteiger partial charge in [-0.3, -0.25) is 9.88 Å². The molecule has 0 spiro atoms. The molecule has 3 nitrogen and oxygen atoms in total. The number of pyridine rings is 1. The molecule has 0 saturated carbocycles. The van der Waals surface area contributed by atoms with E-state index in [1.54, 1.807) is 0 Å². The first kappa shape index (κ1) is 15.0. The van der Waals surface area contributed by atoms with E-state index in [-0.39, 0.29) is 0 Å². The number of benzene rings is 1. The van der Waals surface area contributed by atoms with Gasteiger partial charge in [0.15, 0.2) is 0 Å². The molecule has 22 heavy (non-hydrogen) atoms. The van der Waals surface area contributed by atoms with Crippen LogP contribution in [0.5, 0.6) is 0 Å². The molecule has 1 aliphatic heterocycles. The monoisotopic (exact) mass is 295 g/mol. The van der Waals surface area contributed by atoms with Crippen LogP contribution in [0, 0.1) is 13.8 Å². The van der Waals surface area contributed by atoms with Crippen molar-refractivity contribution < 1.29 is 0 Å². The van der Waals surface area contributed by atoms with Gasteiger partial charge in [-0.1, -0.05) is 12.1 Å². The summed E-state index contributed by atoms with van der Waals surface area (Å²) < 4.78 is 0. The van der Waals surface area contributed by atoms with E-state index in [9.17, 15) is 0 Å². The zero-order chi connectivity index (χ0) is 15.5. The van der Waals surface area contributed by atoms with Gasteiger partial charge in [0.25, 0.3) is 0 Å². The van der Waals surface area contributed by atoms with Crippen molar-refractivity contribution in [1.82, 2.24) is 9.88 Å². The molecule has 0 radical (unpaired) electrons. The highest BCUT2D eigenvalue weighted by Gasteiger charge is 2.22. The van der Waals surface area contributed by atoms with Crippen molar-refractivity contribution in [2.75, 3.05) is 31.1 Å². The fourth-order valence-electron chi connectivity index (χ4n) is 3.12. The normalized spacial score (nSPS) is 17.5. The molecule has 0 aliphatic carbocycles. The zero-order valence-corrected chi connectivity index (χ0v) is 13.8. The lowest BCUT2D eigenvalue weighted by Gasteiger charge is -2.39. The van der Waals surface area contributed by atoms with Crippen LogP contribution in [0.4, 0.5) is 5.69 Å². The van der Waals surface area contributed by atoms with Crippen molar-refractivity contribution in [1.29, 1.82) is 0 Å². The minimum absolute atomic E-state index is 0.440. The first-order valence-electron chi connectivity index (χ1n) is 8.11. The Hall–Kier alpha value is -1.87. The molecule has 3 heteroatoms. The molecule has 1 aromatic heterocycles. The Morgan fingerprint density at radius 1 is 1.00 bits per heavy atom. The van der Waals surface area contributed by atoms with Crippen molar-refractivity contribution in [3.8, 4) is 0 Å². The Labute approximate surface area is 133 Å². The average molecular weight is 295 g/mol. The Bertz CT molecular complexity index is 616. The third kappa shape index (κ3) is 3.14. The minimum atomic E-state index is 0.440. The topological polar surface area (TPSA) is 19.4 Å².